The van der Waals surface area contributed by atoms with Crippen LogP contribution in [-0.4, -0.2) is 29.1 Å². The fourth-order valence-electron chi connectivity index (χ4n) is 2.78. The molecule has 0 aliphatic rings. The molecule has 32 heavy (non-hydrogen) atoms. The summed E-state index contributed by atoms with van der Waals surface area (Å²) >= 11 is 0. The van der Waals surface area contributed by atoms with Crippen molar-refractivity contribution in [2.24, 2.45) is 10.2 Å². The Bertz CT molecular complexity index is 1490. The lowest BCUT2D eigenvalue weighted by atomic mass is 10.3. The minimum absolute atomic E-state index is 0.215. The highest BCUT2D eigenvalue weighted by atomic mass is 16.2. The Labute approximate surface area is 174 Å². The molecule has 0 aliphatic heterocycles. The molecule has 0 amide bonds. The zero-order valence-electron chi connectivity index (χ0n) is 15.9. The highest BCUT2D eigenvalue weighted by Crippen LogP contribution is 2.20. The molecule has 0 spiro atoms. The van der Waals surface area contributed by atoms with Crippen LogP contribution in [0.4, 0.5) is 11.4 Å². The van der Waals surface area contributed by atoms with Crippen LogP contribution in [-0.2, 0) is 0 Å². The summed E-state index contributed by atoms with van der Waals surface area (Å²) in [6.45, 7) is 0. The third kappa shape index (κ3) is 3.95. The SMILES string of the molecule is O=c1[nH]c(=O)n(-c2ccc(/N=N/c3ccc(-n4c(=O)[nH]c(=O)[nH]c4=O)cc3)cc2)c(=O)[nH]1. The summed E-state index contributed by atoms with van der Waals surface area (Å²) in [5, 5.41) is 8.06. The molecule has 2 aromatic carbocycles. The van der Waals surface area contributed by atoms with Crippen molar-refractivity contribution in [1.82, 2.24) is 29.1 Å². The second kappa shape index (κ2) is 7.94. The van der Waals surface area contributed by atoms with Gasteiger partial charge < -0.3 is 0 Å². The van der Waals surface area contributed by atoms with E-state index in [4.69, 9.17) is 0 Å². The maximum absolute atomic E-state index is 11.8. The van der Waals surface area contributed by atoms with Crippen molar-refractivity contribution >= 4 is 11.4 Å². The monoisotopic (exact) mass is 436 g/mol. The fourth-order valence-corrected chi connectivity index (χ4v) is 2.78. The van der Waals surface area contributed by atoms with E-state index in [0.29, 0.717) is 11.4 Å². The molecular formula is C18H12N8O6. The number of aromatic nitrogens is 6. The molecule has 0 aliphatic carbocycles. The number of hydrogen-bond donors (Lipinski definition) is 4. The van der Waals surface area contributed by atoms with Crippen molar-refractivity contribution in [3.05, 3.63) is 111 Å². The van der Waals surface area contributed by atoms with Gasteiger partial charge in [-0.2, -0.15) is 10.2 Å². The summed E-state index contributed by atoms with van der Waals surface area (Å²) in [5.74, 6) is 0. The maximum Gasteiger partial charge on any atom is 0.338 e. The number of H-pyrrole nitrogens is 4. The summed E-state index contributed by atoms with van der Waals surface area (Å²) in [7, 11) is 0. The predicted molar refractivity (Wildman–Crippen MR) is 111 cm³/mol. The second-order valence-corrected chi connectivity index (χ2v) is 6.28. The Hall–Kier alpha value is -5.14. The van der Waals surface area contributed by atoms with E-state index in [0.717, 1.165) is 9.13 Å². The first-order valence-electron chi connectivity index (χ1n) is 8.86. The van der Waals surface area contributed by atoms with E-state index < -0.39 is 34.1 Å². The molecule has 4 aromatic rings. The summed E-state index contributed by atoms with van der Waals surface area (Å²) < 4.78 is 1.50. The summed E-state index contributed by atoms with van der Waals surface area (Å²) in [6.07, 6.45) is 0. The van der Waals surface area contributed by atoms with Gasteiger partial charge in [0.15, 0.2) is 0 Å². The third-order valence-corrected chi connectivity index (χ3v) is 4.19. The van der Waals surface area contributed by atoms with Gasteiger partial charge in [-0.05, 0) is 48.5 Å². The minimum atomic E-state index is -0.900. The first-order valence-corrected chi connectivity index (χ1v) is 8.86. The molecule has 0 saturated heterocycles. The van der Waals surface area contributed by atoms with Crippen LogP contribution in [0.3, 0.4) is 0 Å². The molecule has 2 aromatic heterocycles. The molecule has 14 heteroatoms. The Balaban J connectivity index is 1.57. The molecule has 14 nitrogen and oxygen atoms in total. The van der Waals surface area contributed by atoms with E-state index in [-0.39, 0.29) is 11.4 Å². The average Bonchev–Trinajstić information content (AvgIpc) is 2.73. The molecule has 160 valence electrons. The number of benzene rings is 2. The van der Waals surface area contributed by atoms with E-state index >= 15 is 0 Å². The van der Waals surface area contributed by atoms with Crippen molar-refractivity contribution in [1.29, 1.82) is 0 Å². The Morgan fingerprint density at radius 1 is 0.469 bits per heavy atom. The van der Waals surface area contributed by atoms with Gasteiger partial charge in [0.05, 0.1) is 22.7 Å². The number of hydrogen-bond acceptors (Lipinski definition) is 8. The first-order chi connectivity index (χ1) is 15.3. The van der Waals surface area contributed by atoms with Gasteiger partial charge in [-0.15, -0.1) is 0 Å². The van der Waals surface area contributed by atoms with E-state index in [9.17, 15) is 28.8 Å². The van der Waals surface area contributed by atoms with E-state index in [1.807, 2.05) is 19.9 Å². The molecule has 4 N–H and O–H groups in total. The molecule has 2 heterocycles. The van der Waals surface area contributed by atoms with Gasteiger partial charge in [-0.25, -0.2) is 37.9 Å². The standard InChI is InChI=1S/C18H12N8O6/c27-13-19-15(29)25(16(30)20-13)11-5-1-9(2-6-11)23-24-10-3-7-12(8-4-10)26-17(31)21-14(28)22-18(26)32/h1-8H,(H2,19,20,27,29,30)(H2,21,22,28,31,32)/b24-23+. The van der Waals surface area contributed by atoms with Crippen LogP contribution < -0.4 is 34.1 Å². The topological polar surface area (TPSA) is 200 Å². The van der Waals surface area contributed by atoms with Crippen LogP contribution >= 0.6 is 0 Å². The van der Waals surface area contributed by atoms with Crippen LogP contribution in [0.1, 0.15) is 0 Å². The third-order valence-electron chi connectivity index (χ3n) is 4.19. The van der Waals surface area contributed by atoms with Crippen molar-refractivity contribution in [2.75, 3.05) is 0 Å². The van der Waals surface area contributed by atoms with Crippen LogP contribution in [0.2, 0.25) is 0 Å². The number of azo groups is 1. The number of nitrogens with one attached hydrogen (secondary N) is 4. The molecule has 4 rings (SSSR count). The molecule has 0 fully saturated rings. The average molecular weight is 436 g/mol. The molecule has 0 radical (unpaired) electrons. The van der Waals surface area contributed by atoms with Crippen molar-refractivity contribution in [3.63, 3.8) is 0 Å². The van der Waals surface area contributed by atoms with Crippen LogP contribution in [0, 0.1) is 0 Å². The lowest BCUT2D eigenvalue weighted by Gasteiger charge is -2.03. The molecule has 0 bridgehead atoms. The molecular weight excluding hydrogens is 424 g/mol. The number of rotatable bonds is 4. The van der Waals surface area contributed by atoms with Gasteiger partial charge >= 0.3 is 34.1 Å². The van der Waals surface area contributed by atoms with Gasteiger partial charge in [0.25, 0.3) is 0 Å². The molecule has 0 saturated carbocycles. The zero-order chi connectivity index (χ0) is 22.8. The normalized spacial score (nSPS) is 11.1. The van der Waals surface area contributed by atoms with Crippen molar-refractivity contribution < 1.29 is 0 Å². The Morgan fingerprint density at radius 2 is 0.750 bits per heavy atom. The lowest BCUT2D eigenvalue weighted by molar-refractivity contribution is 0.784. The van der Waals surface area contributed by atoms with Crippen LogP contribution in [0.25, 0.3) is 11.4 Å². The Kier molecular flexibility index (Phi) is 5.00. The molecule has 0 unspecified atom stereocenters. The quantitative estimate of drug-likeness (QED) is 0.300. The highest BCUT2D eigenvalue weighted by Gasteiger charge is 2.07. The largest absolute Gasteiger partial charge is 0.338 e. The van der Waals surface area contributed by atoms with Crippen LogP contribution in [0.15, 0.2) is 87.5 Å². The Morgan fingerprint density at radius 3 is 1.03 bits per heavy atom. The smallest absolute Gasteiger partial charge is 0.258 e. The van der Waals surface area contributed by atoms with Crippen LogP contribution in [0.5, 0.6) is 0 Å². The summed E-state index contributed by atoms with van der Waals surface area (Å²) in [6, 6.07) is 11.8. The summed E-state index contributed by atoms with van der Waals surface area (Å²) in [5.41, 5.74) is -4.09. The van der Waals surface area contributed by atoms with Gasteiger partial charge in [0, 0.05) is 0 Å². The van der Waals surface area contributed by atoms with Gasteiger partial charge in [-0.3, -0.25) is 19.9 Å². The van der Waals surface area contributed by atoms with Gasteiger partial charge in [0.1, 0.15) is 0 Å². The van der Waals surface area contributed by atoms with Crippen molar-refractivity contribution in [2.45, 2.75) is 0 Å². The van der Waals surface area contributed by atoms with Gasteiger partial charge in [0.2, 0.25) is 0 Å². The molecule has 0 atom stereocenters. The number of nitrogens with zero attached hydrogens (tertiary/aromatic N) is 4. The van der Waals surface area contributed by atoms with E-state index in [1.54, 1.807) is 0 Å². The van der Waals surface area contributed by atoms with Gasteiger partial charge in [-0.1, -0.05) is 0 Å². The fraction of sp³-hybridized carbons (Fsp3) is 0. The zero-order valence-corrected chi connectivity index (χ0v) is 15.9. The predicted octanol–water partition coefficient (Wildman–Crippen LogP) is -0.843. The maximum atomic E-state index is 11.8. The lowest BCUT2D eigenvalue weighted by Crippen LogP contribution is -2.42. The van der Waals surface area contributed by atoms with Crippen molar-refractivity contribution in [3.8, 4) is 11.4 Å². The first kappa shape index (κ1) is 20.1. The second-order valence-electron chi connectivity index (χ2n) is 6.28. The number of aromatic amines is 4. The van der Waals surface area contributed by atoms with E-state index in [1.165, 1.54) is 48.5 Å². The minimum Gasteiger partial charge on any atom is -0.258 e. The summed E-state index contributed by atoms with van der Waals surface area (Å²) in [4.78, 5) is 77.4. The highest BCUT2D eigenvalue weighted by molar-refractivity contribution is 5.47. The van der Waals surface area contributed by atoms with E-state index in [2.05, 4.69) is 10.2 Å².